The summed E-state index contributed by atoms with van der Waals surface area (Å²) in [5.74, 6) is 0.617. The van der Waals surface area contributed by atoms with Gasteiger partial charge in [-0.15, -0.1) is 0 Å². The molecular weight excluding hydrogens is 243 g/mol. The lowest BCUT2D eigenvalue weighted by Crippen LogP contribution is -2.04. The Labute approximate surface area is 73.1 Å². The van der Waals surface area contributed by atoms with Crippen LogP contribution in [0.25, 0.3) is 0 Å². The molecule has 1 aromatic rings. The third-order valence-electron chi connectivity index (χ3n) is 1.10. The molecule has 0 radical (unpaired) electrons. The van der Waals surface area contributed by atoms with Crippen molar-refractivity contribution in [2.45, 2.75) is 17.4 Å². The lowest BCUT2D eigenvalue weighted by Gasteiger charge is -1.94. The molecule has 56 valence electrons. The number of halogens is 1. The van der Waals surface area contributed by atoms with E-state index in [0.717, 1.165) is 10.1 Å². The second-order valence-electron chi connectivity index (χ2n) is 2.10. The van der Waals surface area contributed by atoms with Gasteiger partial charge in [-0.05, 0) is 6.92 Å². The summed E-state index contributed by atoms with van der Waals surface area (Å²) in [6, 6.07) is -0.100. The van der Waals surface area contributed by atoms with Crippen LogP contribution in [0.4, 0.5) is 0 Å². The van der Waals surface area contributed by atoms with Crippen LogP contribution in [0.15, 0.2) is 10.7 Å². The van der Waals surface area contributed by atoms with Crippen LogP contribution in [-0.4, -0.2) is 4.98 Å². The first-order valence-corrected chi connectivity index (χ1v) is 4.52. The average Bonchev–Trinajstić information content (AvgIpc) is 2.34. The van der Waals surface area contributed by atoms with Crippen LogP contribution in [0.1, 0.15) is 24.6 Å². The highest BCUT2D eigenvalue weighted by Gasteiger charge is 2.05. The van der Waals surface area contributed by atoms with Gasteiger partial charge in [-0.3, -0.25) is 0 Å². The molecule has 0 aliphatic rings. The predicted octanol–water partition coefficient (Wildman–Crippen LogP) is 1.63. The molecule has 0 saturated heterocycles. The van der Waals surface area contributed by atoms with Crippen molar-refractivity contribution in [1.29, 1.82) is 0 Å². The predicted molar refractivity (Wildman–Crippen MR) is 46.8 cm³/mol. The molecule has 0 fully saturated rings. The van der Waals surface area contributed by atoms with Crippen molar-refractivity contribution in [2.75, 3.05) is 0 Å². The molecule has 0 unspecified atom stereocenters. The van der Waals surface area contributed by atoms with Crippen molar-refractivity contribution in [3.05, 3.63) is 17.8 Å². The molecule has 4 heteroatoms. The van der Waals surface area contributed by atoms with Crippen LogP contribution in [0, 0.1) is 0 Å². The van der Waals surface area contributed by atoms with Crippen molar-refractivity contribution in [1.82, 2.24) is 4.98 Å². The Kier molecular flexibility index (Phi) is 2.67. The van der Waals surface area contributed by atoms with E-state index in [2.05, 4.69) is 27.6 Å². The third kappa shape index (κ3) is 1.69. The summed E-state index contributed by atoms with van der Waals surface area (Å²) in [5.41, 5.74) is 6.47. The molecule has 3 nitrogen and oxygen atoms in total. The van der Waals surface area contributed by atoms with Crippen molar-refractivity contribution in [3.8, 4) is 0 Å². The fraction of sp³-hybridized carbons (Fsp3) is 0.500. The van der Waals surface area contributed by atoms with E-state index in [1.165, 1.54) is 0 Å². The highest BCUT2D eigenvalue weighted by atomic mass is 127. The second kappa shape index (κ2) is 3.34. The molecule has 0 amide bonds. The van der Waals surface area contributed by atoms with Crippen molar-refractivity contribution in [2.24, 2.45) is 5.73 Å². The zero-order valence-corrected chi connectivity index (χ0v) is 7.83. The Bertz CT molecular complexity index is 209. The number of hydrogen-bond acceptors (Lipinski definition) is 3. The summed E-state index contributed by atoms with van der Waals surface area (Å²) in [5, 5.41) is 0. The minimum Gasteiger partial charge on any atom is -0.447 e. The Morgan fingerprint density at radius 1 is 1.90 bits per heavy atom. The lowest BCUT2D eigenvalue weighted by atomic mass is 10.4. The van der Waals surface area contributed by atoms with Gasteiger partial charge in [-0.2, -0.15) is 0 Å². The Balaban J connectivity index is 2.78. The molecule has 0 saturated carbocycles. The standard InChI is InChI=1S/C6H9IN2O/c1-4(8)6-9-5(2-7)3-10-6/h3-4H,2,8H2,1H3/t4-/m1/s1. The highest BCUT2D eigenvalue weighted by molar-refractivity contribution is 14.1. The highest BCUT2D eigenvalue weighted by Crippen LogP contribution is 2.10. The molecular formula is C6H9IN2O. The number of nitrogens with zero attached hydrogens (tertiary/aromatic N) is 1. The van der Waals surface area contributed by atoms with E-state index in [1.54, 1.807) is 6.26 Å². The molecule has 1 heterocycles. The van der Waals surface area contributed by atoms with Crippen LogP contribution < -0.4 is 5.73 Å². The maximum atomic E-state index is 5.52. The summed E-state index contributed by atoms with van der Waals surface area (Å²) in [4.78, 5) is 4.13. The number of alkyl halides is 1. The number of nitrogens with two attached hydrogens (primary N) is 1. The molecule has 0 aromatic carbocycles. The van der Waals surface area contributed by atoms with Gasteiger partial charge in [0.25, 0.3) is 0 Å². The molecule has 1 atom stereocenters. The lowest BCUT2D eigenvalue weighted by molar-refractivity contribution is 0.463. The Morgan fingerprint density at radius 3 is 2.90 bits per heavy atom. The van der Waals surface area contributed by atoms with Crippen LogP contribution in [0.5, 0.6) is 0 Å². The second-order valence-corrected chi connectivity index (χ2v) is 2.86. The van der Waals surface area contributed by atoms with Gasteiger partial charge in [-0.25, -0.2) is 4.98 Å². The van der Waals surface area contributed by atoms with Crippen LogP contribution in [-0.2, 0) is 4.43 Å². The average molecular weight is 252 g/mol. The summed E-state index contributed by atoms with van der Waals surface area (Å²) < 4.78 is 5.95. The minimum atomic E-state index is -0.100. The van der Waals surface area contributed by atoms with Gasteiger partial charge in [0.05, 0.1) is 11.7 Å². The van der Waals surface area contributed by atoms with Gasteiger partial charge >= 0.3 is 0 Å². The summed E-state index contributed by atoms with van der Waals surface area (Å²) in [7, 11) is 0. The van der Waals surface area contributed by atoms with Gasteiger partial charge < -0.3 is 10.2 Å². The first-order chi connectivity index (χ1) is 4.74. The monoisotopic (exact) mass is 252 g/mol. The summed E-state index contributed by atoms with van der Waals surface area (Å²) in [6.45, 7) is 1.85. The van der Waals surface area contributed by atoms with Crippen LogP contribution >= 0.6 is 22.6 Å². The normalized spacial score (nSPS) is 13.5. The number of oxazole rings is 1. The smallest absolute Gasteiger partial charge is 0.210 e. The zero-order chi connectivity index (χ0) is 7.56. The first-order valence-electron chi connectivity index (χ1n) is 3.00. The van der Waals surface area contributed by atoms with Gasteiger partial charge in [0.1, 0.15) is 6.26 Å². The molecule has 0 aliphatic heterocycles. The molecule has 0 spiro atoms. The largest absolute Gasteiger partial charge is 0.447 e. The molecule has 1 rings (SSSR count). The Morgan fingerprint density at radius 2 is 2.60 bits per heavy atom. The van der Waals surface area contributed by atoms with Crippen LogP contribution in [0.2, 0.25) is 0 Å². The SMILES string of the molecule is C[C@@H](N)c1nc(CI)co1. The molecule has 0 aliphatic carbocycles. The number of hydrogen-bond donors (Lipinski definition) is 1. The molecule has 2 N–H and O–H groups in total. The van der Waals surface area contributed by atoms with E-state index >= 15 is 0 Å². The van der Waals surface area contributed by atoms with E-state index < -0.39 is 0 Å². The van der Waals surface area contributed by atoms with Gasteiger partial charge in [0.15, 0.2) is 0 Å². The third-order valence-corrected chi connectivity index (χ3v) is 1.88. The first kappa shape index (κ1) is 8.00. The minimum absolute atomic E-state index is 0.100. The van der Waals surface area contributed by atoms with E-state index in [4.69, 9.17) is 10.2 Å². The maximum Gasteiger partial charge on any atom is 0.210 e. The number of rotatable bonds is 2. The molecule has 1 aromatic heterocycles. The number of aromatic nitrogens is 1. The van der Waals surface area contributed by atoms with Gasteiger partial charge in [0.2, 0.25) is 5.89 Å². The van der Waals surface area contributed by atoms with E-state index in [9.17, 15) is 0 Å². The summed E-state index contributed by atoms with van der Waals surface area (Å²) >= 11 is 2.23. The molecule has 0 bridgehead atoms. The quantitative estimate of drug-likeness (QED) is 0.642. The van der Waals surface area contributed by atoms with Crippen molar-refractivity contribution < 1.29 is 4.42 Å². The fourth-order valence-electron chi connectivity index (χ4n) is 0.593. The van der Waals surface area contributed by atoms with E-state index in [0.29, 0.717) is 5.89 Å². The topological polar surface area (TPSA) is 52.0 Å². The van der Waals surface area contributed by atoms with Gasteiger partial charge in [0, 0.05) is 4.43 Å². The fourth-order valence-corrected chi connectivity index (χ4v) is 0.944. The van der Waals surface area contributed by atoms with E-state index in [-0.39, 0.29) is 6.04 Å². The maximum absolute atomic E-state index is 5.52. The van der Waals surface area contributed by atoms with Crippen molar-refractivity contribution in [3.63, 3.8) is 0 Å². The summed E-state index contributed by atoms with van der Waals surface area (Å²) in [6.07, 6.45) is 1.64. The van der Waals surface area contributed by atoms with Crippen LogP contribution in [0.3, 0.4) is 0 Å². The zero-order valence-electron chi connectivity index (χ0n) is 5.67. The van der Waals surface area contributed by atoms with Gasteiger partial charge in [-0.1, -0.05) is 22.6 Å². The Hall–Kier alpha value is -0.100. The van der Waals surface area contributed by atoms with Crippen molar-refractivity contribution >= 4 is 22.6 Å². The molecule has 10 heavy (non-hydrogen) atoms. The van der Waals surface area contributed by atoms with E-state index in [1.807, 2.05) is 6.92 Å².